The summed E-state index contributed by atoms with van der Waals surface area (Å²) in [5.74, 6) is 1.28. The summed E-state index contributed by atoms with van der Waals surface area (Å²) in [5, 5.41) is 0. The van der Waals surface area contributed by atoms with Crippen molar-refractivity contribution in [3.63, 3.8) is 0 Å². The molecule has 1 aliphatic rings. The molecule has 0 saturated carbocycles. The van der Waals surface area contributed by atoms with E-state index in [1.807, 2.05) is 12.3 Å². The Labute approximate surface area is 62.9 Å². The quantitative estimate of drug-likeness (QED) is 0.526. The zero-order valence-corrected chi connectivity index (χ0v) is 6.91. The van der Waals surface area contributed by atoms with Crippen LogP contribution in [0.5, 0.6) is 0 Å². The highest BCUT2D eigenvalue weighted by Gasteiger charge is 2.18. The second-order valence-corrected chi connectivity index (χ2v) is 3.28. The second kappa shape index (κ2) is 3.00. The van der Waals surface area contributed by atoms with Crippen molar-refractivity contribution < 1.29 is 0 Å². The summed E-state index contributed by atoms with van der Waals surface area (Å²) in [4.78, 5) is 4.40. The molecule has 0 aromatic heterocycles. The van der Waals surface area contributed by atoms with Crippen molar-refractivity contribution in [2.24, 2.45) is 16.8 Å². The molecule has 1 nitrogen and oxygen atoms in total. The fourth-order valence-electron chi connectivity index (χ4n) is 1.40. The predicted octanol–water partition coefficient (Wildman–Crippen LogP) is 2.29. The summed E-state index contributed by atoms with van der Waals surface area (Å²) in [6.07, 6.45) is 6.16. The molecule has 1 aliphatic heterocycles. The number of dihydropyridines is 1. The maximum Gasteiger partial charge on any atom is 0.0582 e. The molecule has 0 amide bonds. The van der Waals surface area contributed by atoms with Gasteiger partial charge in [0.1, 0.15) is 0 Å². The van der Waals surface area contributed by atoms with E-state index in [0.29, 0.717) is 17.9 Å². The molecule has 56 valence electrons. The standard InChI is InChI=1S/C9H15N/c1-7(2)9-8(3)5-4-6-10-9/h4-9H,1-3H3. The molecule has 2 unspecified atom stereocenters. The van der Waals surface area contributed by atoms with Crippen molar-refractivity contribution >= 4 is 6.21 Å². The first-order valence-electron chi connectivity index (χ1n) is 3.92. The fraction of sp³-hybridized carbons (Fsp3) is 0.667. The van der Waals surface area contributed by atoms with E-state index in [1.54, 1.807) is 0 Å². The van der Waals surface area contributed by atoms with Gasteiger partial charge in [-0.05, 0) is 17.9 Å². The number of rotatable bonds is 1. The van der Waals surface area contributed by atoms with Crippen LogP contribution >= 0.6 is 0 Å². The topological polar surface area (TPSA) is 12.4 Å². The summed E-state index contributed by atoms with van der Waals surface area (Å²) in [6.45, 7) is 6.66. The van der Waals surface area contributed by atoms with E-state index >= 15 is 0 Å². The Balaban J connectivity index is 2.61. The van der Waals surface area contributed by atoms with Gasteiger partial charge in [-0.2, -0.15) is 0 Å². The first-order valence-corrected chi connectivity index (χ1v) is 3.92. The van der Waals surface area contributed by atoms with Gasteiger partial charge in [-0.15, -0.1) is 0 Å². The van der Waals surface area contributed by atoms with Crippen LogP contribution in [0.2, 0.25) is 0 Å². The molecule has 0 spiro atoms. The highest BCUT2D eigenvalue weighted by atomic mass is 14.8. The SMILES string of the molecule is CC(C)C1N=CC=CC1C. The Morgan fingerprint density at radius 2 is 2.10 bits per heavy atom. The average Bonchev–Trinajstić information content (AvgIpc) is 1.88. The van der Waals surface area contributed by atoms with Crippen molar-refractivity contribution in [2.75, 3.05) is 0 Å². The van der Waals surface area contributed by atoms with Crippen molar-refractivity contribution in [3.05, 3.63) is 12.2 Å². The van der Waals surface area contributed by atoms with E-state index in [1.165, 1.54) is 0 Å². The first-order chi connectivity index (χ1) is 4.72. The van der Waals surface area contributed by atoms with Crippen LogP contribution in [-0.2, 0) is 0 Å². The molecule has 0 radical (unpaired) electrons. The Morgan fingerprint density at radius 3 is 2.50 bits per heavy atom. The largest absolute Gasteiger partial charge is 0.289 e. The lowest BCUT2D eigenvalue weighted by Crippen LogP contribution is -2.22. The zero-order valence-electron chi connectivity index (χ0n) is 6.91. The Morgan fingerprint density at radius 1 is 1.40 bits per heavy atom. The average molecular weight is 137 g/mol. The van der Waals surface area contributed by atoms with Gasteiger partial charge >= 0.3 is 0 Å². The molecule has 1 rings (SSSR count). The molecule has 0 aromatic carbocycles. The van der Waals surface area contributed by atoms with Gasteiger partial charge in [0.25, 0.3) is 0 Å². The van der Waals surface area contributed by atoms with Crippen LogP contribution in [-0.4, -0.2) is 12.3 Å². The maximum atomic E-state index is 4.40. The van der Waals surface area contributed by atoms with Gasteiger partial charge in [-0.1, -0.05) is 26.8 Å². The molecule has 0 aliphatic carbocycles. The van der Waals surface area contributed by atoms with Crippen LogP contribution < -0.4 is 0 Å². The van der Waals surface area contributed by atoms with Crippen LogP contribution in [0.25, 0.3) is 0 Å². The minimum Gasteiger partial charge on any atom is -0.289 e. The third-order valence-corrected chi connectivity index (χ3v) is 1.98. The van der Waals surface area contributed by atoms with Crippen molar-refractivity contribution in [1.82, 2.24) is 0 Å². The van der Waals surface area contributed by atoms with Crippen LogP contribution in [0.1, 0.15) is 20.8 Å². The molecular formula is C9H15N. The van der Waals surface area contributed by atoms with E-state index < -0.39 is 0 Å². The van der Waals surface area contributed by atoms with Crippen LogP contribution in [0.4, 0.5) is 0 Å². The number of aliphatic imine (C=N–C) groups is 1. The first kappa shape index (κ1) is 7.52. The van der Waals surface area contributed by atoms with E-state index in [9.17, 15) is 0 Å². The van der Waals surface area contributed by atoms with Crippen LogP contribution in [0.3, 0.4) is 0 Å². The van der Waals surface area contributed by atoms with Crippen LogP contribution in [0.15, 0.2) is 17.1 Å². The number of hydrogen-bond donors (Lipinski definition) is 0. The Kier molecular flexibility index (Phi) is 2.25. The third-order valence-electron chi connectivity index (χ3n) is 1.98. The van der Waals surface area contributed by atoms with E-state index in [2.05, 4.69) is 31.8 Å². The highest BCUT2D eigenvalue weighted by molar-refractivity contribution is 5.72. The fourth-order valence-corrected chi connectivity index (χ4v) is 1.40. The van der Waals surface area contributed by atoms with Crippen molar-refractivity contribution in [3.8, 4) is 0 Å². The molecule has 0 aromatic rings. The van der Waals surface area contributed by atoms with Gasteiger partial charge in [0.05, 0.1) is 6.04 Å². The number of allylic oxidation sites excluding steroid dienone is 1. The Bertz CT molecular complexity index is 156. The lowest BCUT2D eigenvalue weighted by molar-refractivity contribution is 0.416. The predicted molar refractivity (Wildman–Crippen MR) is 45.4 cm³/mol. The summed E-state index contributed by atoms with van der Waals surface area (Å²) in [7, 11) is 0. The normalized spacial score (nSPS) is 31.6. The monoisotopic (exact) mass is 137 g/mol. The van der Waals surface area contributed by atoms with Gasteiger partial charge in [-0.25, -0.2) is 0 Å². The zero-order chi connectivity index (χ0) is 7.56. The maximum absolute atomic E-state index is 4.40. The second-order valence-electron chi connectivity index (χ2n) is 3.28. The van der Waals surface area contributed by atoms with Gasteiger partial charge in [0, 0.05) is 6.21 Å². The molecule has 0 bridgehead atoms. The van der Waals surface area contributed by atoms with E-state index in [0.717, 1.165) is 0 Å². The highest BCUT2D eigenvalue weighted by Crippen LogP contribution is 2.19. The molecule has 0 N–H and O–H groups in total. The minimum absolute atomic E-state index is 0.505. The molecular weight excluding hydrogens is 122 g/mol. The van der Waals surface area contributed by atoms with E-state index in [-0.39, 0.29) is 0 Å². The lowest BCUT2D eigenvalue weighted by Gasteiger charge is -2.22. The molecule has 1 heterocycles. The van der Waals surface area contributed by atoms with Crippen molar-refractivity contribution in [1.29, 1.82) is 0 Å². The number of nitrogens with zero attached hydrogens (tertiary/aromatic N) is 1. The van der Waals surface area contributed by atoms with Gasteiger partial charge in [-0.3, -0.25) is 4.99 Å². The van der Waals surface area contributed by atoms with Crippen LogP contribution in [0, 0.1) is 11.8 Å². The van der Waals surface area contributed by atoms with Gasteiger partial charge < -0.3 is 0 Å². The molecule has 1 heteroatoms. The summed E-state index contributed by atoms with van der Waals surface area (Å²) in [5.41, 5.74) is 0. The molecule has 10 heavy (non-hydrogen) atoms. The Hall–Kier alpha value is -0.590. The molecule has 0 fully saturated rings. The van der Waals surface area contributed by atoms with E-state index in [4.69, 9.17) is 0 Å². The molecule has 2 atom stereocenters. The van der Waals surface area contributed by atoms with Crippen molar-refractivity contribution in [2.45, 2.75) is 26.8 Å². The third kappa shape index (κ3) is 1.47. The van der Waals surface area contributed by atoms with Gasteiger partial charge in [0.2, 0.25) is 0 Å². The molecule has 0 saturated heterocycles. The summed E-state index contributed by atoms with van der Waals surface area (Å²) < 4.78 is 0. The lowest BCUT2D eigenvalue weighted by atomic mass is 9.91. The summed E-state index contributed by atoms with van der Waals surface area (Å²) in [6, 6.07) is 0.505. The minimum atomic E-state index is 0.505. The number of hydrogen-bond acceptors (Lipinski definition) is 1. The van der Waals surface area contributed by atoms with Gasteiger partial charge in [0.15, 0.2) is 0 Å². The summed E-state index contributed by atoms with van der Waals surface area (Å²) >= 11 is 0. The smallest absolute Gasteiger partial charge is 0.0582 e.